The highest BCUT2D eigenvalue weighted by Gasteiger charge is 2.12. The molecule has 3 rings (SSSR count). The average Bonchev–Trinajstić information content (AvgIpc) is 2.81. The molecule has 3 N–H and O–H groups in total. The van der Waals surface area contributed by atoms with Gasteiger partial charge < -0.3 is 20.5 Å². The Balaban J connectivity index is 1.60. The molecule has 0 aliphatic rings. The van der Waals surface area contributed by atoms with Gasteiger partial charge in [-0.1, -0.05) is 36.5 Å². The van der Waals surface area contributed by atoms with Crippen molar-refractivity contribution in [2.75, 3.05) is 7.11 Å². The third kappa shape index (κ3) is 5.86. The largest absolute Gasteiger partial charge is 0.497 e. The number of aryl methyl sites for hydroxylation is 1. The van der Waals surface area contributed by atoms with Crippen LogP contribution < -0.4 is 15.4 Å². The molecule has 0 saturated carbocycles. The van der Waals surface area contributed by atoms with Crippen molar-refractivity contribution in [2.45, 2.75) is 20.0 Å². The predicted octanol–water partition coefficient (Wildman–Crippen LogP) is 2.89. The minimum atomic E-state index is -0.962. The first-order chi connectivity index (χ1) is 15.4. The molecule has 0 unspecified atom stereocenters. The Morgan fingerprint density at radius 1 is 1.00 bits per heavy atom. The van der Waals surface area contributed by atoms with Crippen molar-refractivity contribution >= 4 is 29.1 Å². The third-order valence-corrected chi connectivity index (χ3v) is 5.05. The normalized spacial score (nSPS) is 10.3. The van der Waals surface area contributed by atoms with Crippen LogP contribution in [0.15, 0.2) is 54.9 Å². The molecule has 0 spiro atoms. The zero-order valence-electron chi connectivity index (χ0n) is 17.6. The summed E-state index contributed by atoms with van der Waals surface area (Å²) in [4.78, 5) is 32.2. The number of hydrogen-bond acceptors (Lipinski definition) is 6. The second-order valence-electron chi connectivity index (χ2n) is 6.96. The van der Waals surface area contributed by atoms with Gasteiger partial charge in [0.05, 0.1) is 12.7 Å². The number of aromatic nitrogens is 2. The number of amides is 1. The summed E-state index contributed by atoms with van der Waals surface area (Å²) in [5.41, 5.74) is 3.31. The molecule has 0 bridgehead atoms. The van der Waals surface area contributed by atoms with Crippen molar-refractivity contribution in [3.05, 3.63) is 88.5 Å². The Bertz CT molecular complexity index is 1170. The molecular weight excluding hydrogens is 428 g/mol. The van der Waals surface area contributed by atoms with Crippen molar-refractivity contribution in [3.8, 4) is 5.75 Å². The molecule has 32 heavy (non-hydrogen) atoms. The molecule has 1 aromatic heterocycles. The van der Waals surface area contributed by atoms with Gasteiger partial charge in [-0.2, -0.15) is 0 Å². The number of carbonyl (C=O) groups excluding carboxylic acids is 1. The van der Waals surface area contributed by atoms with Crippen molar-refractivity contribution in [1.82, 2.24) is 20.6 Å². The van der Waals surface area contributed by atoms with E-state index in [9.17, 15) is 9.59 Å². The third-order valence-electron chi connectivity index (χ3n) is 4.69. The molecule has 0 saturated heterocycles. The van der Waals surface area contributed by atoms with E-state index in [1.54, 1.807) is 32.2 Å². The zero-order chi connectivity index (χ0) is 23.1. The fourth-order valence-corrected chi connectivity index (χ4v) is 3.19. The maximum atomic E-state index is 12.5. The average molecular weight is 451 g/mol. The first-order valence-electron chi connectivity index (χ1n) is 9.71. The van der Waals surface area contributed by atoms with Crippen molar-refractivity contribution in [3.63, 3.8) is 0 Å². The van der Waals surface area contributed by atoms with Crippen molar-refractivity contribution in [1.29, 1.82) is 0 Å². The molecule has 0 aliphatic carbocycles. The van der Waals surface area contributed by atoms with E-state index in [0.29, 0.717) is 35.1 Å². The fraction of sp³-hybridized carbons (Fsp3) is 0.174. The van der Waals surface area contributed by atoms with Gasteiger partial charge in [0.15, 0.2) is 0 Å². The van der Waals surface area contributed by atoms with Crippen LogP contribution in [0.3, 0.4) is 0 Å². The summed E-state index contributed by atoms with van der Waals surface area (Å²) in [6.45, 7) is 2.46. The number of hydrogen-bond donors (Lipinski definition) is 3. The molecule has 164 valence electrons. The standard InChI is InChI=1S/C23H22N4O4S/c1-14-8-16(6-7-18(14)23(29)30)12-25-22(32)20-10-19(26-13-27-20)21(28)24-11-15-4-3-5-17(9-15)31-2/h3-10,13H,11-12H2,1-2H3,(H,24,28)(H,25,32)(H,29,30). The van der Waals surface area contributed by atoms with Crippen LogP contribution in [0, 0.1) is 6.92 Å². The number of methoxy groups -OCH3 is 1. The maximum Gasteiger partial charge on any atom is 0.335 e. The summed E-state index contributed by atoms with van der Waals surface area (Å²) in [6, 6.07) is 14.0. The Morgan fingerprint density at radius 2 is 1.72 bits per heavy atom. The van der Waals surface area contributed by atoms with Crippen LogP contribution in [-0.4, -0.2) is 39.0 Å². The van der Waals surface area contributed by atoms with Crippen LogP contribution in [-0.2, 0) is 13.1 Å². The molecule has 1 heterocycles. The van der Waals surface area contributed by atoms with E-state index in [2.05, 4.69) is 20.6 Å². The lowest BCUT2D eigenvalue weighted by molar-refractivity contribution is 0.0695. The van der Waals surface area contributed by atoms with E-state index in [0.717, 1.165) is 11.1 Å². The highest BCUT2D eigenvalue weighted by atomic mass is 32.1. The molecule has 0 aliphatic heterocycles. The van der Waals surface area contributed by atoms with Gasteiger partial charge in [-0.05, 0) is 47.9 Å². The van der Waals surface area contributed by atoms with Crippen LogP contribution in [0.4, 0.5) is 0 Å². The number of carboxylic acids is 1. The number of rotatable bonds is 8. The Morgan fingerprint density at radius 3 is 2.44 bits per heavy atom. The Labute approximate surface area is 190 Å². The first-order valence-corrected chi connectivity index (χ1v) is 10.1. The molecule has 1 amide bonds. The Hall–Kier alpha value is -3.85. The summed E-state index contributed by atoms with van der Waals surface area (Å²) in [5, 5.41) is 15.0. The summed E-state index contributed by atoms with van der Waals surface area (Å²) in [5.74, 6) is -0.597. The highest BCUT2D eigenvalue weighted by Crippen LogP contribution is 2.13. The quantitative estimate of drug-likeness (QED) is 0.449. The number of carbonyl (C=O) groups is 2. The number of nitrogens with one attached hydrogen (secondary N) is 2. The van der Waals surface area contributed by atoms with Crippen LogP contribution in [0.2, 0.25) is 0 Å². The SMILES string of the molecule is COc1cccc(CNC(=O)c2cc(C(=S)NCc3ccc(C(=O)O)c(C)c3)ncn2)c1. The van der Waals surface area contributed by atoms with E-state index in [-0.39, 0.29) is 17.2 Å². The number of carboxylic acid groups (broad SMARTS) is 1. The topological polar surface area (TPSA) is 113 Å². The van der Waals surface area contributed by atoms with Crippen LogP contribution in [0.1, 0.15) is 43.2 Å². The van der Waals surface area contributed by atoms with Gasteiger partial charge in [0.2, 0.25) is 0 Å². The molecule has 9 heteroatoms. The van der Waals surface area contributed by atoms with Crippen LogP contribution >= 0.6 is 12.2 Å². The molecular formula is C23H22N4O4S. The summed E-state index contributed by atoms with van der Waals surface area (Å²) >= 11 is 5.39. The number of thiocarbonyl (C=S) groups is 1. The Kier molecular flexibility index (Phi) is 7.45. The second-order valence-corrected chi connectivity index (χ2v) is 7.37. The van der Waals surface area contributed by atoms with E-state index < -0.39 is 5.97 Å². The first kappa shape index (κ1) is 22.8. The molecule has 0 atom stereocenters. The second kappa shape index (κ2) is 10.5. The van der Waals surface area contributed by atoms with Crippen molar-refractivity contribution in [2.24, 2.45) is 0 Å². The zero-order valence-corrected chi connectivity index (χ0v) is 18.4. The molecule has 2 aromatic carbocycles. The van der Waals surface area contributed by atoms with Gasteiger partial charge in [-0.3, -0.25) is 4.79 Å². The lowest BCUT2D eigenvalue weighted by Gasteiger charge is -2.10. The lowest BCUT2D eigenvalue weighted by Crippen LogP contribution is -2.26. The summed E-state index contributed by atoms with van der Waals surface area (Å²) in [6.07, 6.45) is 1.29. The summed E-state index contributed by atoms with van der Waals surface area (Å²) in [7, 11) is 1.59. The van der Waals surface area contributed by atoms with Crippen molar-refractivity contribution < 1.29 is 19.4 Å². The van der Waals surface area contributed by atoms with Gasteiger partial charge in [-0.15, -0.1) is 0 Å². The highest BCUT2D eigenvalue weighted by molar-refractivity contribution is 7.80. The summed E-state index contributed by atoms with van der Waals surface area (Å²) < 4.78 is 5.19. The smallest absolute Gasteiger partial charge is 0.335 e. The van der Waals surface area contributed by atoms with E-state index >= 15 is 0 Å². The van der Waals surface area contributed by atoms with E-state index in [1.165, 1.54) is 12.4 Å². The molecule has 8 nitrogen and oxygen atoms in total. The number of aromatic carboxylic acids is 1. The van der Waals surface area contributed by atoms with Crippen LogP contribution in [0.5, 0.6) is 5.75 Å². The number of benzene rings is 2. The van der Waals surface area contributed by atoms with E-state index in [4.69, 9.17) is 22.1 Å². The molecule has 0 fully saturated rings. The minimum Gasteiger partial charge on any atom is -0.497 e. The van der Waals surface area contributed by atoms with E-state index in [1.807, 2.05) is 24.3 Å². The number of nitrogens with zero attached hydrogens (tertiary/aromatic N) is 2. The van der Waals surface area contributed by atoms with Crippen LogP contribution in [0.25, 0.3) is 0 Å². The van der Waals surface area contributed by atoms with Gasteiger partial charge in [0, 0.05) is 13.1 Å². The lowest BCUT2D eigenvalue weighted by atomic mass is 10.1. The fourth-order valence-electron chi connectivity index (χ4n) is 3.01. The monoisotopic (exact) mass is 450 g/mol. The van der Waals surface area contributed by atoms with Gasteiger partial charge in [-0.25, -0.2) is 14.8 Å². The minimum absolute atomic E-state index is 0.198. The maximum absolute atomic E-state index is 12.5. The number of ether oxygens (including phenoxy) is 1. The van der Waals surface area contributed by atoms with Gasteiger partial charge >= 0.3 is 5.97 Å². The predicted molar refractivity (Wildman–Crippen MR) is 123 cm³/mol. The van der Waals surface area contributed by atoms with Gasteiger partial charge in [0.1, 0.15) is 28.5 Å². The van der Waals surface area contributed by atoms with Gasteiger partial charge in [0.25, 0.3) is 5.91 Å². The molecule has 0 radical (unpaired) electrons. The molecule has 3 aromatic rings.